The van der Waals surface area contributed by atoms with E-state index in [4.69, 9.17) is 9.98 Å². The number of aryl methyl sites for hydroxylation is 1. The normalized spacial score (nSPS) is 11.6. The van der Waals surface area contributed by atoms with Crippen LogP contribution in [0.25, 0.3) is 42.7 Å². The Bertz CT molecular complexity index is 1830. The number of aromatic hydroxyl groups is 1. The number of hydrogen-bond donors (Lipinski definition) is 1. The summed E-state index contributed by atoms with van der Waals surface area (Å²) in [6, 6.07) is 33.5. The van der Waals surface area contributed by atoms with Crippen LogP contribution >= 0.6 is 33.9 Å². The number of phenols is 1. The fraction of sp³-hybridized carbons (Fsp3) is 0.118. The molecule has 3 nitrogen and oxygen atoms in total. The maximum Gasteiger partial charge on any atom is 0.127 e. The van der Waals surface area contributed by atoms with Gasteiger partial charge < -0.3 is 5.11 Å². The van der Waals surface area contributed by atoms with Gasteiger partial charge in [-0.05, 0) is 87.7 Å². The van der Waals surface area contributed by atoms with Crippen molar-refractivity contribution in [1.29, 1.82) is 0 Å². The number of fused-ring (bicyclic) bond motifs is 2. The fourth-order valence-corrected chi connectivity index (χ4v) is 6.72. The SMILES string of the molecule is CCCCc1cc(I)cc(C=Nc2ccccc2-c2nc3c(-c4cccc5ccccc45)cccc3s2)c1O. The van der Waals surface area contributed by atoms with E-state index in [9.17, 15) is 5.11 Å². The third kappa shape index (κ3) is 5.21. The maximum atomic E-state index is 10.9. The van der Waals surface area contributed by atoms with Crippen LogP contribution in [0.5, 0.6) is 5.75 Å². The molecular weight excluding hydrogens is 611 g/mol. The number of hydrogen-bond acceptors (Lipinski definition) is 4. The van der Waals surface area contributed by atoms with Gasteiger partial charge >= 0.3 is 0 Å². The molecule has 6 rings (SSSR count). The minimum Gasteiger partial charge on any atom is -0.507 e. The van der Waals surface area contributed by atoms with E-state index >= 15 is 0 Å². The molecule has 0 aliphatic carbocycles. The third-order valence-electron chi connectivity index (χ3n) is 6.96. The molecule has 0 radical (unpaired) electrons. The van der Waals surface area contributed by atoms with E-state index in [1.807, 2.05) is 24.3 Å². The Kier molecular flexibility index (Phi) is 7.44. The summed E-state index contributed by atoms with van der Waals surface area (Å²) in [5.41, 5.74) is 6.86. The highest BCUT2D eigenvalue weighted by molar-refractivity contribution is 14.1. The molecule has 0 aliphatic heterocycles. The molecule has 0 spiro atoms. The lowest BCUT2D eigenvalue weighted by Gasteiger charge is -2.08. The minimum atomic E-state index is 0.324. The Hall–Kier alpha value is -3.55. The molecule has 0 amide bonds. The first-order valence-electron chi connectivity index (χ1n) is 13.1. The number of unbranched alkanes of at least 4 members (excludes halogenated alkanes) is 1. The summed E-state index contributed by atoms with van der Waals surface area (Å²) in [5.74, 6) is 0.324. The van der Waals surface area contributed by atoms with Gasteiger partial charge in [0, 0.05) is 26.5 Å². The van der Waals surface area contributed by atoms with Gasteiger partial charge in [0.25, 0.3) is 0 Å². The molecule has 6 aromatic rings. The molecule has 0 saturated carbocycles. The van der Waals surface area contributed by atoms with E-state index in [0.29, 0.717) is 5.75 Å². The van der Waals surface area contributed by atoms with Crippen molar-refractivity contribution < 1.29 is 5.11 Å². The van der Waals surface area contributed by atoms with Gasteiger partial charge in [-0.2, -0.15) is 0 Å². The topological polar surface area (TPSA) is 45.5 Å². The molecule has 0 atom stereocenters. The van der Waals surface area contributed by atoms with Crippen LogP contribution in [-0.4, -0.2) is 16.3 Å². The van der Waals surface area contributed by atoms with Crippen LogP contribution in [0.2, 0.25) is 0 Å². The second-order valence-corrected chi connectivity index (χ2v) is 11.9. The molecule has 192 valence electrons. The second-order valence-electron chi connectivity index (χ2n) is 9.58. The van der Waals surface area contributed by atoms with Gasteiger partial charge in [-0.3, -0.25) is 4.99 Å². The molecule has 0 aliphatic rings. The summed E-state index contributed by atoms with van der Waals surface area (Å²) in [4.78, 5) is 10.0. The molecule has 1 N–H and O–H groups in total. The fourth-order valence-electron chi connectivity index (χ4n) is 4.98. The smallest absolute Gasteiger partial charge is 0.127 e. The monoisotopic (exact) mass is 638 g/mol. The number of aromatic nitrogens is 1. The van der Waals surface area contributed by atoms with Gasteiger partial charge in [0.2, 0.25) is 0 Å². The maximum absolute atomic E-state index is 10.9. The number of thiazole rings is 1. The van der Waals surface area contributed by atoms with Crippen LogP contribution in [0.15, 0.2) is 102 Å². The van der Waals surface area contributed by atoms with Crippen molar-refractivity contribution in [2.24, 2.45) is 4.99 Å². The van der Waals surface area contributed by atoms with Crippen molar-refractivity contribution in [3.63, 3.8) is 0 Å². The van der Waals surface area contributed by atoms with Gasteiger partial charge in [-0.1, -0.05) is 80.1 Å². The van der Waals surface area contributed by atoms with E-state index in [0.717, 1.165) is 66.0 Å². The molecular formula is C34H27IN2OS. The second kappa shape index (κ2) is 11.3. The third-order valence-corrected chi connectivity index (χ3v) is 8.64. The highest BCUT2D eigenvalue weighted by Crippen LogP contribution is 2.40. The largest absolute Gasteiger partial charge is 0.507 e. The lowest BCUT2D eigenvalue weighted by Crippen LogP contribution is -1.93. The summed E-state index contributed by atoms with van der Waals surface area (Å²) in [6.07, 6.45) is 4.78. The number of phenolic OH excluding ortho intramolecular Hbond substituents is 1. The van der Waals surface area contributed by atoms with Crippen molar-refractivity contribution in [3.8, 4) is 27.4 Å². The summed E-state index contributed by atoms with van der Waals surface area (Å²) in [6.45, 7) is 2.16. The Morgan fingerprint density at radius 3 is 2.51 bits per heavy atom. The molecule has 39 heavy (non-hydrogen) atoms. The van der Waals surface area contributed by atoms with Crippen molar-refractivity contribution in [3.05, 3.63) is 112 Å². The molecule has 0 saturated heterocycles. The molecule has 0 unspecified atom stereocenters. The summed E-state index contributed by atoms with van der Waals surface area (Å²) >= 11 is 3.99. The summed E-state index contributed by atoms with van der Waals surface area (Å²) in [5, 5.41) is 14.3. The van der Waals surface area contributed by atoms with Gasteiger partial charge in [-0.25, -0.2) is 4.98 Å². The molecule has 0 bridgehead atoms. The average molecular weight is 639 g/mol. The highest BCUT2D eigenvalue weighted by atomic mass is 127. The van der Waals surface area contributed by atoms with Crippen molar-refractivity contribution in [2.45, 2.75) is 26.2 Å². The number of para-hydroxylation sites is 2. The predicted molar refractivity (Wildman–Crippen MR) is 175 cm³/mol. The number of nitrogens with zero attached hydrogens (tertiary/aromatic N) is 2. The van der Waals surface area contributed by atoms with Gasteiger partial charge in [-0.15, -0.1) is 11.3 Å². The van der Waals surface area contributed by atoms with Crippen LogP contribution in [0.4, 0.5) is 5.69 Å². The lowest BCUT2D eigenvalue weighted by molar-refractivity contribution is 0.466. The zero-order valence-corrected chi connectivity index (χ0v) is 24.5. The number of benzene rings is 5. The van der Waals surface area contributed by atoms with Crippen molar-refractivity contribution in [1.82, 2.24) is 4.98 Å². The lowest BCUT2D eigenvalue weighted by atomic mass is 9.97. The zero-order valence-electron chi connectivity index (χ0n) is 21.6. The first kappa shape index (κ1) is 25.7. The number of halogens is 1. The van der Waals surface area contributed by atoms with Gasteiger partial charge in [0.1, 0.15) is 10.8 Å². The number of rotatable bonds is 7. The standard InChI is InChI=1S/C34H27IN2OS/c1-2-3-10-23-19-25(35)20-24(33(23)38)21-36-30-17-7-6-14-29(30)34-37-32-28(16-9-18-31(32)39-34)27-15-8-12-22-11-4-5-13-26(22)27/h4-9,11-21,38H,2-3,10H2,1H3. The van der Waals surface area contributed by atoms with Crippen LogP contribution in [0, 0.1) is 3.57 Å². The highest BCUT2D eigenvalue weighted by Gasteiger charge is 2.15. The molecule has 0 fully saturated rings. The number of aliphatic imine (C=N–C) groups is 1. The zero-order chi connectivity index (χ0) is 26.8. The first-order valence-corrected chi connectivity index (χ1v) is 15.0. The van der Waals surface area contributed by atoms with Crippen molar-refractivity contribution in [2.75, 3.05) is 0 Å². The van der Waals surface area contributed by atoms with E-state index in [2.05, 4.69) is 102 Å². The van der Waals surface area contributed by atoms with Gasteiger partial charge in [0.15, 0.2) is 0 Å². The quantitative estimate of drug-likeness (QED) is 0.140. The predicted octanol–water partition coefficient (Wildman–Crippen LogP) is 10.2. The first-order chi connectivity index (χ1) is 19.1. The van der Waals surface area contributed by atoms with E-state index in [1.165, 1.54) is 16.3 Å². The van der Waals surface area contributed by atoms with Crippen LogP contribution in [0.3, 0.4) is 0 Å². The van der Waals surface area contributed by atoms with E-state index in [-0.39, 0.29) is 0 Å². The molecule has 1 heterocycles. The van der Waals surface area contributed by atoms with Crippen molar-refractivity contribution >= 4 is 66.8 Å². The van der Waals surface area contributed by atoms with Crippen LogP contribution < -0.4 is 0 Å². The van der Waals surface area contributed by atoms with E-state index in [1.54, 1.807) is 17.6 Å². The Balaban J connectivity index is 1.41. The average Bonchev–Trinajstić information content (AvgIpc) is 3.41. The van der Waals surface area contributed by atoms with Gasteiger partial charge in [0.05, 0.1) is 15.9 Å². The molecule has 5 aromatic carbocycles. The summed E-state index contributed by atoms with van der Waals surface area (Å²) in [7, 11) is 0. The van der Waals surface area contributed by atoms with Crippen LogP contribution in [-0.2, 0) is 6.42 Å². The Morgan fingerprint density at radius 1 is 0.872 bits per heavy atom. The molecule has 1 aromatic heterocycles. The minimum absolute atomic E-state index is 0.324. The summed E-state index contributed by atoms with van der Waals surface area (Å²) < 4.78 is 2.24. The van der Waals surface area contributed by atoms with E-state index < -0.39 is 0 Å². The Morgan fingerprint density at radius 2 is 1.62 bits per heavy atom. The Labute approximate surface area is 246 Å². The van der Waals surface area contributed by atoms with Crippen LogP contribution in [0.1, 0.15) is 30.9 Å². The molecule has 5 heteroatoms.